The highest BCUT2D eigenvalue weighted by Crippen LogP contribution is 2.24. The van der Waals surface area contributed by atoms with Gasteiger partial charge in [0.05, 0.1) is 6.10 Å². The van der Waals surface area contributed by atoms with Gasteiger partial charge >= 0.3 is 0 Å². The van der Waals surface area contributed by atoms with Gasteiger partial charge in [-0.1, -0.05) is 32.9 Å². The van der Waals surface area contributed by atoms with Crippen LogP contribution < -0.4 is 10.1 Å². The second kappa shape index (κ2) is 9.61. The SMILES string of the molecule is CC(C)(C)C(=O)N1CCC(C(=O)NCc2ccc(OCC3CCCO3)cc2)CC1. The number of nitrogens with zero attached hydrogens (tertiary/aromatic N) is 1. The number of benzene rings is 1. The van der Waals surface area contributed by atoms with E-state index in [0.29, 0.717) is 26.2 Å². The van der Waals surface area contributed by atoms with E-state index in [1.807, 2.05) is 49.9 Å². The smallest absolute Gasteiger partial charge is 0.227 e. The van der Waals surface area contributed by atoms with E-state index >= 15 is 0 Å². The van der Waals surface area contributed by atoms with Crippen molar-refractivity contribution in [3.8, 4) is 5.75 Å². The highest BCUT2D eigenvalue weighted by atomic mass is 16.5. The van der Waals surface area contributed by atoms with Crippen LogP contribution >= 0.6 is 0 Å². The van der Waals surface area contributed by atoms with Gasteiger partial charge in [-0.05, 0) is 43.4 Å². The van der Waals surface area contributed by atoms with Gasteiger partial charge in [0.2, 0.25) is 11.8 Å². The van der Waals surface area contributed by atoms with Crippen molar-refractivity contribution in [2.75, 3.05) is 26.3 Å². The summed E-state index contributed by atoms with van der Waals surface area (Å²) in [6.07, 6.45) is 3.83. The van der Waals surface area contributed by atoms with E-state index in [0.717, 1.165) is 43.6 Å². The molecule has 0 spiro atoms. The first-order valence-corrected chi connectivity index (χ1v) is 10.7. The van der Waals surface area contributed by atoms with Gasteiger partial charge in [0.15, 0.2) is 0 Å². The van der Waals surface area contributed by atoms with Crippen LogP contribution in [0.4, 0.5) is 0 Å². The minimum atomic E-state index is -0.366. The molecule has 29 heavy (non-hydrogen) atoms. The Hall–Kier alpha value is -2.08. The van der Waals surface area contributed by atoms with Gasteiger partial charge in [0.25, 0.3) is 0 Å². The number of hydrogen-bond donors (Lipinski definition) is 1. The molecular formula is C23H34N2O4. The molecule has 3 rings (SSSR count). The Morgan fingerprint density at radius 2 is 1.83 bits per heavy atom. The summed E-state index contributed by atoms with van der Waals surface area (Å²) < 4.78 is 11.3. The molecule has 2 amide bonds. The lowest BCUT2D eigenvalue weighted by atomic mass is 9.90. The summed E-state index contributed by atoms with van der Waals surface area (Å²) in [5, 5.41) is 3.04. The minimum absolute atomic E-state index is 0.0203. The number of amides is 2. The third-order valence-electron chi connectivity index (χ3n) is 5.64. The highest BCUT2D eigenvalue weighted by molar-refractivity contribution is 5.82. The molecule has 1 aromatic carbocycles. The van der Waals surface area contributed by atoms with Crippen LogP contribution in [-0.2, 0) is 20.9 Å². The summed E-state index contributed by atoms with van der Waals surface area (Å²) in [6.45, 7) is 9.06. The van der Waals surface area contributed by atoms with Crippen molar-refractivity contribution in [1.82, 2.24) is 10.2 Å². The monoisotopic (exact) mass is 402 g/mol. The maximum absolute atomic E-state index is 12.5. The Morgan fingerprint density at radius 3 is 2.41 bits per heavy atom. The predicted molar refractivity (Wildman–Crippen MR) is 112 cm³/mol. The standard InChI is InChI=1S/C23H34N2O4/c1-23(2,3)22(27)25-12-10-18(11-13-25)21(26)24-15-17-6-8-19(9-7-17)29-16-20-5-4-14-28-20/h6-9,18,20H,4-5,10-16H2,1-3H3,(H,24,26). The van der Waals surface area contributed by atoms with Crippen molar-refractivity contribution in [3.05, 3.63) is 29.8 Å². The second-order valence-corrected chi connectivity index (χ2v) is 9.12. The Kier molecular flexibility index (Phi) is 7.17. The normalized spacial score (nSPS) is 20.5. The molecule has 0 bridgehead atoms. The number of nitrogens with one attached hydrogen (secondary N) is 1. The van der Waals surface area contributed by atoms with Gasteiger partial charge in [-0.15, -0.1) is 0 Å². The fourth-order valence-electron chi connectivity index (χ4n) is 3.82. The second-order valence-electron chi connectivity index (χ2n) is 9.12. The maximum atomic E-state index is 12.5. The molecule has 6 nitrogen and oxygen atoms in total. The quantitative estimate of drug-likeness (QED) is 0.794. The molecule has 2 aliphatic rings. The van der Waals surface area contributed by atoms with Crippen LogP contribution in [0.25, 0.3) is 0 Å². The molecule has 2 heterocycles. The van der Waals surface area contributed by atoms with Gasteiger partial charge in [0, 0.05) is 37.6 Å². The molecule has 1 aromatic rings. The highest BCUT2D eigenvalue weighted by Gasteiger charge is 2.32. The number of hydrogen-bond acceptors (Lipinski definition) is 4. The van der Waals surface area contributed by atoms with Crippen LogP contribution in [0.3, 0.4) is 0 Å². The van der Waals surface area contributed by atoms with Crippen LogP contribution in [0.15, 0.2) is 24.3 Å². The van der Waals surface area contributed by atoms with E-state index < -0.39 is 0 Å². The van der Waals surface area contributed by atoms with E-state index in [2.05, 4.69) is 5.32 Å². The average Bonchev–Trinajstić information content (AvgIpc) is 3.24. The number of likely N-dealkylation sites (tertiary alicyclic amines) is 1. The summed E-state index contributed by atoms with van der Waals surface area (Å²) in [4.78, 5) is 26.8. The molecule has 2 saturated heterocycles. The van der Waals surface area contributed by atoms with Crippen molar-refractivity contribution in [2.45, 2.75) is 59.1 Å². The lowest BCUT2D eigenvalue weighted by molar-refractivity contribution is -0.142. The molecule has 6 heteroatoms. The molecule has 1 atom stereocenters. The zero-order valence-electron chi connectivity index (χ0n) is 17.9. The molecule has 0 aromatic heterocycles. The van der Waals surface area contributed by atoms with Crippen LogP contribution in [0.2, 0.25) is 0 Å². The third-order valence-corrected chi connectivity index (χ3v) is 5.64. The Labute approximate surface area is 173 Å². The van der Waals surface area contributed by atoms with Crippen LogP contribution in [0.1, 0.15) is 52.0 Å². The topological polar surface area (TPSA) is 67.9 Å². The average molecular weight is 403 g/mol. The molecule has 2 aliphatic heterocycles. The molecular weight excluding hydrogens is 368 g/mol. The Balaban J connectivity index is 1.38. The van der Waals surface area contributed by atoms with Gasteiger partial charge in [-0.25, -0.2) is 0 Å². The van der Waals surface area contributed by atoms with E-state index in [4.69, 9.17) is 9.47 Å². The summed E-state index contributed by atoms with van der Waals surface area (Å²) in [6, 6.07) is 7.84. The van der Waals surface area contributed by atoms with Crippen molar-refractivity contribution in [3.63, 3.8) is 0 Å². The predicted octanol–water partition coefficient (Wildman–Crippen LogP) is 3.15. The molecule has 0 saturated carbocycles. The third kappa shape index (κ3) is 6.20. The summed E-state index contributed by atoms with van der Waals surface area (Å²) >= 11 is 0. The number of piperidine rings is 1. The lowest BCUT2D eigenvalue weighted by Gasteiger charge is -2.35. The largest absolute Gasteiger partial charge is 0.491 e. The first-order valence-electron chi connectivity index (χ1n) is 10.7. The summed E-state index contributed by atoms with van der Waals surface area (Å²) in [5.74, 6) is 1.05. The van der Waals surface area contributed by atoms with E-state index in [1.54, 1.807) is 0 Å². The van der Waals surface area contributed by atoms with Crippen LogP contribution in [0.5, 0.6) is 5.75 Å². The number of ether oxygens (including phenoxy) is 2. The Bertz CT molecular complexity index is 682. The molecule has 1 unspecified atom stereocenters. The maximum Gasteiger partial charge on any atom is 0.227 e. The first-order chi connectivity index (χ1) is 13.8. The number of carbonyl (C=O) groups excluding carboxylic acids is 2. The van der Waals surface area contributed by atoms with E-state index in [9.17, 15) is 9.59 Å². The first kappa shape index (κ1) is 21.6. The Morgan fingerprint density at radius 1 is 1.14 bits per heavy atom. The minimum Gasteiger partial charge on any atom is -0.491 e. The van der Waals surface area contributed by atoms with E-state index in [1.165, 1.54) is 0 Å². The van der Waals surface area contributed by atoms with E-state index in [-0.39, 0.29) is 29.3 Å². The summed E-state index contributed by atoms with van der Waals surface area (Å²) in [5.41, 5.74) is 0.679. The van der Waals surface area contributed by atoms with Crippen molar-refractivity contribution < 1.29 is 19.1 Å². The van der Waals surface area contributed by atoms with Gasteiger partial charge in [-0.3, -0.25) is 9.59 Å². The van der Waals surface area contributed by atoms with Crippen molar-refractivity contribution >= 4 is 11.8 Å². The number of rotatable bonds is 6. The molecule has 0 radical (unpaired) electrons. The van der Waals surface area contributed by atoms with Crippen LogP contribution in [0, 0.1) is 11.3 Å². The van der Waals surface area contributed by atoms with Gasteiger partial charge in [-0.2, -0.15) is 0 Å². The summed E-state index contributed by atoms with van der Waals surface area (Å²) in [7, 11) is 0. The molecule has 0 aliphatic carbocycles. The zero-order valence-corrected chi connectivity index (χ0v) is 17.9. The van der Waals surface area contributed by atoms with Crippen LogP contribution in [-0.4, -0.2) is 49.1 Å². The van der Waals surface area contributed by atoms with Gasteiger partial charge in [0.1, 0.15) is 12.4 Å². The zero-order chi connectivity index (χ0) is 20.9. The van der Waals surface area contributed by atoms with Gasteiger partial charge < -0.3 is 19.7 Å². The fraction of sp³-hybridized carbons (Fsp3) is 0.652. The lowest BCUT2D eigenvalue weighted by Crippen LogP contribution is -2.46. The molecule has 2 fully saturated rings. The van der Waals surface area contributed by atoms with Crippen molar-refractivity contribution in [1.29, 1.82) is 0 Å². The number of carbonyl (C=O) groups is 2. The van der Waals surface area contributed by atoms with Crippen molar-refractivity contribution in [2.24, 2.45) is 11.3 Å². The molecule has 1 N–H and O–H groups in total. The fourth-order valence-corrected chi connectivity index (χ4v) is 3.82. The molecule has 160 valence electrons.